The highest BCUT2D eigenvalue weighted by Gasteiger charge is 2.07. The SMILES string of the molecule is [CH2][C@@H](C)OC(=O)c1cccnc1. The topological polar surface area (TPSA) is 39.2 Å². The second kappa shape index (κ2) is 3.85. The average molecular weight is 164 g/mol. The van der Waals surface area contributed by atoms with Gasteiger partial charge in [0.2, 0.25) is 0 Å². The lowest BCUT2D eigenvalue weighted by Gasteiger charge is -2.06. The van der Waals surface area contributed by atoms with Crippen LogP contribution in [0.1, 0.15) is 17.3 Å². The van der Waals surface area contributed by atoms with Gasteiger partial charge in [0.25, 0.3) is 0 Å². The highest BCUT2D eigenvalue weighted by atomic mass is 16.5. The molecule has 0 saturated heterocycles. The van der Waals surface area contributed by atoms with Crippen molar-refractivity contribution in [3.05, 3.63) is 37.0 Å². The lowest BCUT2D eigenvalue weighted by molar-refractivity contribution is 0.0420. The fraction of sp³-hybridized carbons (Fsp3) is 0.222. The molecule has 1 heterocycles. The first-order valence-corrected chi connectivity index (χ1v) is 3.64. The van der Waals surface area contributed by atoms with Crippen molar-refractivity contribution in [2.45, 2.75) is 13.0 Å². The maximum atomic E-state index is 11.2. The molecule has 1 aromatic heterocycles. The van der Waals surface area contributed by atoms with Crippen LogP contribution in [0, 0.1) is 6.92 Å². The molecule has 63 valence electrons. The van der Waals surface area contributed by atoms with Crippen molar-refractivity contribution in [1.29, 1.82) is 0 Å². The molecule has 0 saturated carbocycles. The van der Waals surface area contributed by atoms with Gasteiger partial charge in [-0.1, -0.05) is 0 Å². The van der Waals surface area contributed by atoms with E-state index in [0.717, 1.165) is 0 Å². The third-order valence-electron chi connectivity index (χ3n) is 1.21. The van der Waals surface area contributed by atoms with E-state index in [1.807, 2.05) is 0 Å². The molecule has 0 unspecified atom stereocenters. The zero-order valence-corrected chi connectivity index (χ0v) is 6.86. The number of hydrogen-bond donors (Lipinski definition) is 0. The number of ether oxygens (including phenoxy) is 1. The summed E-state index contributed by atoms with van der Waals surface area (Å²) in [5, 5.41) is 0. The van der Waals surface area contributed by atoms with Crippen molar-refractivity contribution < 1.29 is 9.53 Å². The van der Waals surface area contributed by atoms with Gasteiger partial charge in [-0.15, -0.1) is 0 Å². The van der Waals surface area contributed by atoms with Gasteiger partial charge < -0.3 is 4.74 Å². The summed E-state index contributed by atoms with van der Waals surface area (Å²) in [5.74, 6) is -0.384. The second-order valence-corrected chi connectivity index (χ2v) is 2.46. The maximum absolute atomic E-state index is 11.2. The Balaban J connectivity index is 2.66. The molecule has 0 spiro atoms. The third kappa shape index (κ3) is 2.34. The Morgan fingerprint density at radius 3 is 3.00 bits per heavy atom. The van der Waals surface area contributed by atoms with Gasteiger partial charge in [0.05, 0.1) is 11.7 Å². The Hall–Kier alpha value is -1.38. The Labute approximate surface area is 71.4 Å². The number of rotatable bonds is 2. The van der Waals surface area contributed by atoms with E-state index in [9.17, 15) is 4.79 Å². The Kier molecular flexibility index (Phi) is 2.80. The summed E-state index contributed by atoms with van der Waals surface area (Å²) < 4.78 is 4.85. The van der Waals surface area contributed by atoms with Gasteiger partial charge in [0.1, 0.15) is 0 Å². The molecule has 1 aromatic rings. The molecule has 1 atom stereocenters. The number of aromatic nitrogens is 1. The van der Waals surface area contributed by atoms with Gasteiger partial charge in [-0.05, 0) is 26.0 Å². The quantitative estimate of drug-likeness (QED) is 0.621. The van der Waals surface area contributed by atoms with E-state index in [1.165, 1.54) is 6.20 Å². The van der Waals surface area contributed by atoms with Crippen LogP contribution in [-0.2, 0) is 4.74 Å². The summed E-state index contributed by atoms with van der Waals surface area (Å²) in [6, 6.07) is 3.34. The first-order chi connectivity index (χ1) is 5.70. The van der Waals surface area contributed by atoms with Crippen LogP contribution in [0.3, 0.4) is 0 Å². The van der Waals surface area contributed by atoms with Crippen molar-refractivity contribution >= 4 is 5.97 Å². The van der Waals surface area contributed by atoms with Gasteiger partial charge in [-0.25, -0.2) is 4.79 Å². The standard InChI is InChI=1S/C9H10NO2/c1-7(2)12-9(11)8-4-3-5-10-6-8/h3-7H,1H2,2H3/t7-/m0/s1. The molecule has 0 aliphatic rings. The van der Waals surface area contributed by atoms with Crippen LogP contribution in [0.2, 0.25) is 0 Å². The molecule has 0 aliphatic heterocycles. The van der Waals surface area contributed by atoms with Crippen LogP contribution in [0.5, 0.6) is 0 Å². The van der Waals surface area contributed by atoms with Crippen LogP contribution in [0.15, 0.2) is 24.5 Å². The van der Waals surface area contributed by atoms with Crippen LogP contribution >= 0.6 is 0 Å². The first kappa shape index (κ1) is 8.71. The highest BCUT2D eigenvalue weighted by Crippen LogP contribution is 2.00. The molecule has 3 heteroatoms. The summed E-state index contributed by atoms with van der Waals surface area (Å²) in [7, 11) is 0. The molecule has 3 nitrogen and oxygen atoms in total. The number of carbonyl (C=O) groups is 1. The van der Waals surface area contributed by atoms with Crippen LogP contribution in [0.25, 0.3) is 0 Å². The molecule has 0 aliphatic carbocycles. The molecular weight excluding hydrogens is 154 g/mol. The predicted octanol–water partition coefficient (Wildman–Crippen LogP) is 1.46. The lowest BCUT2D eigenvalue weighted by Crippen LogP contribution is -2.11. The Bertz CT molecular complexity index is 256. The molecular formula is C9H10NO2. The average Bonchev–Trinajstić information content (AvgIpc) is 2.05. The molecule has 0 N–H and O–H groups in total. The second-order valence-electron chi connectivity index (χ2n) is 2.46. The van der Waals surface area contributed by atoms with Crippen molar-refractivity contribution in [2.24, 2.45) is 0 Å². The van der Waals surface area contributed by atoms with Gasteiger partial charge in [-0.2, -0.15) is 0 Å². The number of nitrogens with zero attached hydrogens (tertiary/aromatic N) is 1. The molecule has 12 heavy (non-hydrogen) atoms. The van der Waals surface area contributed by atoms with Crippen LogP contribution in [0.4, 0.5) is 0 Å². The van der Waals surface area contributed by atoms with Gasteiger partial charge in [-0.3, -0.25) is 4.98 Å². The summed E-state index contributed by atoms with van der Waals surface area (Å²) in [6.07, 6.45) is 2.73. The minimum atomic E-state index is -0.384. The molecule has 0 amide bonds. The summed E-state index contributed by atoms with van der Waals surface area (Å²) >= 11 is 0. The Morgan fingerprint density at radius 2 is 2.50 bits per heavy atom. The number of pyridine rings is 1. The monoisotopic (exact) mass is 164 g/mol. The summed E-state index contributed by atoms with van der Waals surface area (Å²) in [6.45, 7) is 5.24. The van der Waals surface area contributed by atoms with E-state index in [4.69, 9.17) is 4.74 Å². The lowest BCUT2D eigenvalue weighted by atomic mass is 10.3. The van der Waals surface area contributed by atoms with Crippen molar-refractivity contribution in [1.82, 2.24) is 4.98 Å². The van der Waals surface area contributed by atoms with E-state index < -0.39 is 0 Å². The first-order valence-electron chi connectivity index (χ1n) is 3.64. The molecule has 0 aromatic carbocycles. The zero-order chi connectivity index (χ0) is 8.97. The van der Waals surface area contributed by atoms with E-state index >= 15 is 0 Å². The third-order valence-corrected chi connectivity index (χ3v) is 1.21. The number of hydrogen-bond acceptors (Lipinski definition) is 3. The smallest absolute Gasteiger partial charge is 0.339 e. The van der Waals surface area contributed by atoms with Crippen LogP contribution < -0.4 is 0 Å². The van der Waals surface area contributed by atoms with Crippen molar-refractivity contribution in [2.75, 3.05) is 0 Å². The van der Waals surface area contributed by atoms with E-state index in [0.29, 0.717) is 5.56 Å². The minimum Gasteiger partial charge on any atom is -0.459 e. The summed E-state index contributed by atoms with van der Waals surface area (Å²) in [4.78, 5) is 14.9. The van der Waals surface area contributed by atoms with Crippen molar-refractivity contribution in [3.63, 3.8) is 0 Å². The maximum Gasteiger partial charge on any atom is 0.339 e. The fourth-order valence-electron chi connectivity index (χ4n) is 0.734. The molecule has 1 rings (SSSR count). The fourth-order valence-corrected chi connectivity index (χ4v) is 0.734. The predicted molar refractivity (Wildman–Crippen MR) is 44.5 cm³/mol. The summed E-state index contributed by atoms with van der Waals surface area (Å²) in [5.41, 5.74) is 0.452. The zero-order valence-electron chi connectivity index (χ0n) is 6.86. The van der Waals surface area contributed by atoms with Gasteiger partial charge in [0.15, 0.2) is 0 Å². The molecule has 0 bridgehead atoms. The largest absolute Gasteiger partial charge is 0.459 e. The molecule has 1 radical (unpaired) electrons. The Morgan fingerprint density at radius 1 is 1.75 bits per heavy atom. The van der Waals surface area contributed by atoms with Crippen LogP contribution in [-0.4, -0.2) is 17.1 Å². The van der Waals surface area contributed by atoms with E-state index in [1.54, 1.807) is 25.3 Å². The van der Waals surface area contributed by atoms with Gasteiger partial charge in [0, 0.05) is 12.4 Å². The highest BCUT2D eigenvalue weighted by molar-refractivity contribution is 5.89. The van der Waals surface area contributed by atoms with E-state index in [2.05, 4.69) is 11.9 Å². The minimum absolute atomic E-state index is 0.335. The molecule has 0 fully saturated rings. The number of esters is 1. The van der Waals surface area contributed by atoms with E-state index in [-0.39, 0.29) is 12.1 Å². The number of carbonyl (C=O) groups excluding carboxylic acids is 1. The van der Waals surface area contributed by atoms with Crippen molar-refractivity contribution in [3.8, 4) is 0 Å². The van der Waals surface area contributed by atoms with Gasteiger partial charge >= 0.3 is 5.97 Å². The normalized spacial score (nSPS) is 9.92.